The fourth-order valence-corrected chi connectivity index (χ4v) is 2.17. The highest BCUT2D eigenvalue weighted by Crippen LogP contribution is 2.39. The van der Waals surface area contributed by atoms with E-state index in [4.69, 9.17) is 19.9 Å². The fourth-order valence-electron chi connectivity index (χ4n) is 2.17. The van der Waals surface area contributed by atoms with Crippen molar-refractivity contribution >= 4 is 5.69 Å². The molecule has 0 amide bonds. The van der Waals surface area contributed by atoms with Crippen molar-refractivity contribution in [1.29, 1.82) is 0 Å². The summed E-state index contributed by atoms with van der Waals surface area (Å²) in [4.78, 5) is 0. The Bertz CT molecular complexity index is 598. The Kier molecular flexibility index (Phi) is 3.37. The quantitative estimate of drug-likeness (QED) is 0.871. The molecule has 0 fully saturated rings. The van der Waals surface area contributed by atoms with Gasteiger partial charge in [0, 0.05) is 12.1 Å². The number of hydrogen-bond donors (Lipinski definition) is 1. The topological polar surface area (TPSA) is 53.7 Å². The molecular weight excluding hydrogens is 254 g/mol. The Labute approximate surface area is 118 Å². The van der Waals surface area contributed by atoms with Crippen molar-refractivity contribution in [3.8, 4) is 17.2 Å². The predicted octanol–water partition coefficient (Wildman–Crippen LogP) is 3.18. The Hall–Kier alpha value is -2.36. The van der Waals surface area contributed by atoms with Gasteiger partial charge in [-0.2, -0.15) is 0 Å². The number of rotatable bonds is 3. The standard InChI is InChI=1S/C16H17NO3/c1-11(12-5-3-2-4-6-12)20-14-10-16-15(9-13(14)17)18-7-8-19-16/h2-6,9-11H,7-8,17H2,1H3. The number of hydrogen-bond acceptors (Lipinski definition) is 4. The minimum Gasteiger partial charge on any atom is -0.486 e. The summed E-state index contributed by atoms with van der Waals surface area (Å²) in [6.07, 6.45) is -0.0824. The second-order valence-electron chi connectivity index (χ2n) is 4.70. The minimum atomic E-state index is -0.0824. The Morgan fingerprint density at radius 1 is 1.05 bits per heavy atom. The first kappa shape index (κ1) is 12.7. The lowest BCUT2D eigenvalue weighted by molar-refractivity contribution is 0.169. The van der Waals surface area contributed by atoms with Crippen LogP contribution in [0.15, 0.2) is 42.5 Å². The summed E-state index contributed by atoms with van der Waals surface area (Å²) in [6.45, 7) is 3.09. The minimum absolute atomic E-state index is 0.0824. The number of nitrogens with two attached hydrogens (primary N) is 1. The predicted molar refractivity (Wildman–Crippen MR) is 77.3 cm³/mol. The van der Waals surface area contributed by atoms with Gasteiger partial charge in [-0.3, -0.25) is 0 Å². The smallest absolute Gasteiger partial charge is 0.165 e. The highest BCUT2D eigenvalue weighted by molar-refractivity contribution is 5.62. The molecule has 1 atom stereocenters. The van der Waals surface area contributed by atoms with Gasteiger partial charge in [-0.1, -0.05) is 30.3 Å². The molecule has 0 saturated heterocycles. The van der Waals surface area contributed by atoms with Crippen LogP contribution in [0.2, 0.25) is 0 Å². The van der Waals surface area contributed by atoms with Crippen molar-refractivity contribution in [2.45, 2.75) is 13.0 Å². The van der Waals surface area contributed by atoms with Crippen molar-refractivity contribution in [2.24, 2.45) is 0 Å². The lowest BCUT2D eigenvalue weighted by Gasteiger charge is -2.22. The van der Waals surface area contributed by atoms with Crippen molar-refractivity contribution in [3.63, 3.8) is 0 Å². The highest BCUT2D eigenvalue weighted by Gasteiger charge is 2.17. The van der Waals surface area contributed by atoms with E-state index in [1.807, 2.05) is 37.3 Å². The summed E-state index contributed by atoms with van der Waals surface area (Å²) < 4.78 is 17.0. The Morgan fingerprint density at radius 2 is 1.70 bits per heavy atom. The molecule has 20 heavy (non-hydrogen) atoms. The summed E-state index contributed by atoms with van der Waals surface area (Å²) >= 11 is 0. The summed E-state index contributed by atoms with van der Waals surface area (Å²) in [5, 5.41) is 0. The van der Waals surface area contributed by atoms with Gasteiger partial charge < -0.3 is 19.9 Å². The van der Waals surface area contributed by atoms with Crippen LogP contribution in [-0.2, 0) is 0 Å². The fraction of sp³-hybridized carbons (Fsp3) is 0.250. The maximum absolute atomic E-state index is 6.01. The van der Waals surface area contributed by atoms with Crippen LogP contribution in [0.3, 0.4) is 0 Å². The zero-order chi connectivity index (χ0) is 13.9. The van der Waals surface area contributed by atoms with Gasteiger partial charge in [0.25, 0.3) is 0 Å². The molecule has 1 aliphatic heterocycles. The summed E-state index contributed by atoms with van der Waals surface area (Å²) in [5.41, 5.74) is 7.66. The molecule has 2 aromatic carbocycles. The van der Waals surface area contributed by atoms with Gasteiger partial charge in [0.1, 0.15) is 25.1 Å². The first-order valence-corrected chi connectivity index (χ1v) is 6.65. The maximum Gasteiger partial charge on any atom is 0.165 e. The van der Waals surface area contributed by atoms with E-state index >= 15 is 0 Å². The van der Waals surface area contributed by atoms with E-state index < -0.39 is 0 Å². The summed E-state index contributed by atoms with van der Waals surface area (Å²) in [6, 6.07) is 13.6. The van der Waals surface area contributed by atoms with Crippen LogP contribution in [0.25, 0.3) is 0 Å². The molecule has 2 aromatic rings. The van der Waals surface area contributed by atoms with Gasteiger partial charge in [-0.25, -0.2) is 0 Å². The molecule has 0 spiro atoms. The van der Waals surface area contributed by atoms with Crippen LogP contribution in [-0.4, -0.2) is 13.2 Å². The number of fused-ring (bicyclic) bond motifs is 1. The maximum atomic E-state index is 6.01. The molecule has 104 valence electrons. The van der Waals surface area contributed by atoms with Crippen LogP contribution in [0.5, 0.6) is 17.2 Å². The van der Waals surface area contributed by atoms with E-state index in [0.717, 1.165) is 5.56 Å². The zero-order valence-electron chi connectivity index (χ0n) is 11.3. The SMILES string of the molecule is CC(Oc1cc2c(cc1N)OCCO2)c1ccccc1. The highest BCUT2D eigenvalue weighted by atomic mass is 16.6. The van der Waals surface area contributed by atoms with Crippen molar-refractivity contribution in [1.82, 2.24) is 0 Å². The molecule has 1 heterocycles. The molecule has 4 heteroatoms. The van der Waals surface area contributed by atoms with Crippen LogP contribution < -0.4 is 19.9 Å². The third kappa shape index (κ3) is 2.50. The van der Waals surface area contributed by atoms with Crippen LogP contribution in [0.1, 0.15) is 18.6 Å². The van der Waals surface area contributed by atoms with Gasteiger partial charge in [0.15, 0.2) is 11.5 Å². The van der Waals surface area contributed by atoms with Gasteiger partial charge in [0.2, 0.25) is 0 Å². The second-order valence-corrected chi connectivity index (χ2v) is 4.70. The van der Waals surface area contributed by atoms with Crippen molar-refractivity contribution in [3.05, 3.63) is 48.0 Å². The normalized spacial score (nSPS) is 14.7. The average molecular weight is 271 g/mol. The number of benzene rings is 2. The molecule has 2 N–H and O–H groups in total. The summed E-state index contributed by atoms with van der Waals surface area (Å²) in [7, 11) is 0. The lowest BCUT2D eigenvalue weighted by atomic mass is 10.1. The van der Waals surface area contributed by atoms with E-state index in [2.05, 4.69) is 0 Å². The van der Waals surface area contributed by atoms with Crippen LogP contribution >= 0.6 is 0 Å². The Morgan fingerprint density at radius 3 is 2.40 bits per heavy atom. The van der Waals surface area contributed by atoms with E-state index in [1.165, 1.54) is 0 Å². The largest absolute Gasteiger partial charge is 0.486 e. The van der Waals surface area contributed by atoms with E-state index in [9.17, 15) is 0 Å². The van der Waals surface area contributed by atoms with Crippen molar-refractivity contribution < 1.29 is 14.2 Å². The van der Waals surface area contributed by atoms with Gasteiger partial charge in [0.05, 0.1) is 5.69 Å². The third-order valence-electron chi connectivity index (χ3n) is 3.25. The van der Waals surface area contributed by atoms with E-state index in [0.29, 0.717) is 36.1 Å². The van der Waals surface area contributed by atoms with Crippen LogP contribution in [0, 0.1) is 0 Å². The molecule has 0 aromatic heterocycles. The number of anilines is 1. The van der Waals surface area contributed by atoms with Gasteiger partial charge in [-0.15, -0.1) is 0 Å². The molecule has 0 saturated carbocycles. The molecule has 0 radical (unpaired) electrons. The number of ether oxygens (including phenoxy) is 3. The van der Waals surface area contributed by atoms with E-state index in [1.54, 1.807) is 12.1 Å². The molecular formula is C16H17NO3. The molecule has 1 aliphatic rings. The van der Waals surface area contributed by atoms with Gasteiger partial charge >= 0.3 is 0 Å². The van der Waals surface area contributed by atoms with Crippen molar-refractivity contribution in [2.75, 3.05) is 18.9 Å². The lowest BCUT2D eigenvalue weighted by Crippen LogP contribution is -2.16. The number of nitrogen functional groups attached to an aromatic ring is 1. The zero-order valence-corrected chi connectivity index (χ0v) is 11.3. The van der Waals surface area contributed by atoms with Crippen LogP contribution in [0.4, 0.5) is 5.69 Å². The molecule has 1 unspecified atom stereocenters. The molecule has 4 nitrogen and oxygen atoms in total. The monoisotopic (exact) mass is 271 g/mol. The first-order valence-electron chi connectivity index (χ1n) is 6.65. The first-order chi connectivity index (χ1) is 9.74. The second kappa shape index (κ2) is 5.33. The molecule has 0 bridgehead atoms. The third-order valence-corrected chi connectivity index (χ3v) is 3.25. The Balaban J connectivity index is 1.84. The van der Waals surface area contributed by atoms with E-state index in [-0.39, 0.29) is 6.10 Å². The molecule has 3 rings (SSSR count). The molecule has 0 aliphatic carbocycles. The summed E-state index contributed by atoms with van der Waals surface area (Å²) in [5.74, 6) is 1.97. The average Bonchev–Trinajstić information content (AvgIpc) is 2.49. The van der Waals surface area contributed by atoms with Gasteiger partial charge in [-0.05, 0) is 12.5 Å².